The lowest BCUT2D eigenvalue weighted by molar-refractivity contribution is 0.00540. The van der Waals surface area contributed by atoms with Gasteiger partial charge < -0.3 is 9.64 Å². The Kier molecular flexibility index (Phi) is 5.10. The molecule has 1 unspecified atom stereocenters. The average molecular weight is 515 g/mol. The molecule has 2 aliphatic carbocycles. The summed E-state index contributed by atoms with van der Waals surface area (Å²) in [5.74, 6) is -0.0111. The van der Waals surface area contributed by atoms with E-state index in [1.54, 1.807) is 6.07 Å². The van der Waals surface area contributed by atoms with Crippen molar-refractivity contribution in [3.05, 3.63) is 58.1 Å². The van der Waals surface area contributed by atoms with Crippen LogP contribution in [0.15, 0.2) is 51.8 Å². The van der Waals surface area contributed by atoms with Crippen LogP contribution in [0.3, 0.4) is 0 Å². The highest BCUT2D eigenvalue weighted by molar-refractivity contribution is 9.10. The molecule has 2 saturated carbocycles. The largest absolute Gasteiger partial charge is 0.378 e. The second-order valence-corrected chi connectivity index (χ2v) is 12.1. The minimum Gasteiger partial charge on any atom is -0.378 e. The Labute approximate surface area is 199 Å². The molecule has 1 saturated heterocycles. The van der Waals surface area contributed by atoms with Gasteiger partial charge in [-0.15, -0.1) is 0 Å². The minimum absolute atomic E-state index is 0.0111. The van der Waals surface area contributed by atoms with Crippen molar-refractivity contribution < 1.29 is 13.7 Å². The summed E-state index contributed by atoms with van der Waals surface area (Å²) in [6, 6.07) is 13.7. The maximum absolute atomic E-state index is 13.7. The average Bonchev–Trinajstić information content (AvgIpc) is 3.48. The number of fused-ring (bicyclic) bond motifs is 2. The van der Waals surface area contributed by atoms with Crippen molar-refractivity contribution in [1.82, 2.24) is 4.72 Å². The summed E-state index contributed by atoms with van der Waals surface area (Å²) in [5, 5.41) is 0. The molecule has 2 heterocycles. The quantitative estimate of drug-likeness (QED) is 0.642. The number of ether oxygens (including phenoxy) is 1. The van der Waals surface area contributed by atoms with Crippen LogP contribution in [0.25, 0.3) is 0 Å². The second kappa shape index (κ2) is 7.76. The molecule has 1 atom stereocenters. The number of anilines is 1. The molecular weight excluding hydrogens is 488 g/mol. The molecule has 0 radical (unpaired) electrons. The Balaban J connectivity index is 1.28. The number of carbonyl (C=O) groups excluding carboxylic acids is 1. The van der Waals surface area contributed by atoms with Gasteiger partial charge in [-0.25, -0.2) is 8.93 Å². The van der Waals surface area contributed by atoms with E-state index in [0.29, 0.717) is 29.1 Å². The third-order valence-electron chi connectivity index (χ3n) is 7.96. The van der Waals surface area contributed by atoms with Crippen molar-refractivity contribution in [1.29, 1.82) is 0 Å². The summed E-state index contributed by atoms with van der Waals surface area (Å²) < 4.78 is 22.0. The van der Waals surface area contributed by atoms with E-state index in [-0.39, 0.29) is 17.4 Å². The number of rotatable bonds is 4. The molecule has 4 aliphatic rings. The number of nitrogens with one attached hydrogen (secondary N) is 1. The fourth-order valence-corrected chi connectivity index (χ4v) is 6.98. The highest BCUT2D eigenvalue weighted by atomic mass is 79.9. The van der Waals surface area contributed by atoms with Crippen LogP contribution in [-0.4, -0.2) is 35.9 Å². The van der Waals surface area contributed by atoms with Crippen LogP contribution >= 0.6 is 15.9 Å². The van der Waals surface area contributed by atoms with E-state index in [2.05, 4.69) is 32.8 Å². The summed E-state index contributed by atoms with van der Waals surface area (Å²) in [6.45, 7) is 1.89. The summed E-state index contributed by atoms with van der Waals surface area (Å²) in [4.78, 5) is 16.3. The van der Waals surface area contributed by atoms with Gasteiger partial charge in [-0.1, -0.05) is 22.0 Å². The molecule has 6 rings (SSSR count). The molecule has 2 spiro atoms. The van der Waals surface area contributed by atoms with Crippen LogP contribution in [0.1, 0.15) is 54.4 Å². The van der Waals surface area contributed by atoms with Gasteiger partial charge >= 0.3 is 0 Å². The van der Waals surface area contributed by atoms with E-state index in [1.165, 1.54) is 31.2 Å². The number of hydrogen-bond donors (Lipinski definition) is 1. The maximum atomic E-state index is 13.7. The van der Waals surface area contributed by atoms with Crippen LogP contribution in [0.4, 0.5) is 5.69 Å². The van der Waals surface area contributed by atoms with E-state index in [1.807, 2.05) is 29.2 Å². The molecule has 32 heavy (non-hydrogen) atoms. The van der Waals surface area contributed by atoms with E-state index in [9.17, 15) is 9.00 Å². The zero-order valence-electron chi connectivity index (χ0n) is 17.9. The Morgan fingerprint density at radius 2 is 1.81 bits per heavy atom. The van der Waals surface area contributed by atoms with E-state index in [4.69, 9.17) is 4.74 Å². The van der Waals surface area contributed by atoms with Crippen LogP contribution < -0.4 is 9.62 Å². The van der Waals surface area contributed by atoms with Crippen molar-refractivity contribution in [3.8, 4) is 0 Å². The normalized spacial score (nSPS) is 23.7. The molecule has 0 bridgehead atoms. The van der Waals surface area contributed by atoms with Gasteiger partial charge in [0.25, 0.3) is 5.91 Å². The van der Waals surface area contributed by atoms with Crippen molar-refractivity contribution in [3.63, 3.8) is 0 Å². The van der Waals surface area contributed by atoms with Gasteiger partial charge in [0.1, 0.15) is 11.0 Å². The third kappa shape index (κ3) is 3.58. The van der Waals surface area contributed by atoms with Crippen LogP contribution in [-0.2, 0) is 21.1 Å². The fourth-order valence-electron chi connectivity index (χ4n) is 5.61. The van der Waals surface area contributed by atoms with Gasteiger partial charge in [0.05, 0.1) is 24.2 Å². The topological polar surface area (TPSA) is 58.6 Å². The molecule has 2 aromatic rings. The van der Waals surface area contributed by atoms with Crippen LogP contribution in [0.5, 0.6) is 0 Å². The first-order valence-electron chi connectivity index (χ1n) is 11.4. The first-order chi connectivity index (χ1) is 15.5. The summed E-state index contributed by atoms with van der Waals surface area (Å²) in [6.07, 6.45) is 7.59. The number of halogens is 1. The molecule has 5 nitrogen and oxygen atoms in total. The molecule has 3 fully saturated rings. The highest BCUT2D eigenvalue weighted by Gasteiger charge is 2.53. The zero-order valence-corrected chi connectivity index (χ0v) is 20.3. The molecule has 2 aliphatic heterocycles. The van der Waals surface area contributed by atoms with Gasteiger partial charge in [0.2, 0.25) is 0 Å². The van der Waals surface area contributed by atoms with Crippen molar-refractivity contribution in [2.75, 3.05) is 24.7 Å². The van der Waals surface area contributed by atoms with Gasteiger partial charge in [-0.3, -0.25) is 4.79 Å². The fraction of sp³-hybridized carbons (Fsp3) is 0.480. The number of benzene rings is 2. The third-order valence-corrected chi connectivity index (χ3v) is 9.68. The maximum Gasteiger partial charge on any atom is 0.258 e. The summed E-state index contributed by atoms with van der Waals surface area (Å²) in [7, 11) is -1.36. The van der Waals surface area contributed by atoms with E-state index in [0.717, 1.165) is 29.5 Å². The Bertz CT molecular complexity index is 1100. The molecule has 1 N–H and O–H groups in total. The molecule has 168 valence electrons. The van der Waals surface area contributed by atoms with Crippen molar-refractivity contribution in [2.24, 2.45) is 5.41 Å². The predicted octanol–water partition coefficient (Wildman–Crippen LogP) is 4.71. The highest BCUT2D eigenvalue weighted by Crippen LogP contribution is 2.62. The Hall–Kier alpha value is -1.54. The van der Waals surface area contributed by atoms with E-state index >= 15 is 0 Å². The predicted molar refractivity (Wildman–Crippen MR) is 128 cm³/mol. The Morgan fingerprint density at radius 1 is 1.06 bits per heavy atom. The van der Waals surface area contributed by atoms with Crippen LogP contribution in [0.2, 0.25) is 0 Å². The minimum atomic E-state index is -1.36. The molecule has 0 aromatic heterocycles. The number of hydrogen-bond acceptors (Lipinski definition) is 3. The standard InChI is InChI=1S/C25H27BrN2O3S/c26-18-4-5-22-21(13-18)25(10-8-24(6-7-24)9-11-25)16-28(22)23(29)17-2-1-3-20(12-17)32(30)27-19-14-31-15-19/h1-5,12-13,19,27H,6-11,14-16H2. The van der Waals surface area contributed by atoms with Gasteiger partial charge in [0, 0.05) is 27.7 Å². The number of amides is 1. The van der Waals surface area contributed by atoms with Gasteiger partial charge in [0.15, 0.2) is 0 Å². The molecular formula is C25H27BrN2O3S. The lowest BCUT2D eigenvalue weighted by atomic mass is 9.66. The SMILES string of the molecule is O=C(c1cccc(S(=O)NC2COC2)c1)N1CC2(CCC3(CC3)CC2)c2cc(Br)ccc21. The summed E-state index contributed by atoms with van der Waals surface area (Å²) >= 11 is 3.65. The first-order valence-corrected chi connectivity index (χ1v) is 13.4. The van der Waals surface area contributed by atoms with Crippen LogP contribution in [0, 0.1) is 5.41 Å². The zero-order chi connectivity index (χ0) is 21.9. The monoisotopic (exact) mass is 514 g/mol. The van der Waals surface area contributed by atoms with Crippen molar-refractivity contribution in [2.45, 2.75) is 54.9 Å². The lowest BCUT2D eigenvalue weighted by Gasteiger charge is -2.38. The smallest absolute Gasteiger partial charge is 0.258 e. The van der Waals surface area contributed by atoms with Gasteiger partial charge in [-0.2, -0.15) is 0 Å². The lowest BCUT2D eigenvalue weighted by Crippen LogP contribution is -2.46. The second-order valence-electron chi connectivity index (χ2n) is 9.98. The summed E-state index contributed by atoms with van der Waals surface area (Å²) in [5.41, 5.74) is 3.58. The van der Waals surface area contributed by atoms with Gasteiger partial charge in [-0.05, 0) is 85.9 Å². The number of nitrogens with zero attached hydrogens (tertiary/aromatic N) is 1. The van der Waals surface area contributed by atoms with E-state index < -0.39 is 11.0 Å². The first kappa shape index (κ1) is 21.0. The Morgan fingerprint density at radius 3 is 2.50 bits per heavy atom. The van der Waals surface area contributed by atoms with Crippen molar-refractivity contribution >= 4 is 38.5 Å². The molecule has 7 heteroatoms. The molecule has 1 amide bonds. The number of carbonyl (C=O) groups is 1. The molecule has 2 aromatic carbocycles.